The summed E-state index contributed by atoms with van der Waals surface area (Å²) < 4.78 is 0. The van der Waals surface area contributed by atoms with Crippen molar-refractivity contribution in [2.75, 3.05) is 6.54 Å². The molecule has 1 heterocycles. The molecule has 1 amide bonds. The molecule has 1 fully saturated rings. The van der Waals surface area contributed by atoms with Crippen LogP contribution >= 0.6 is 23.7 Å². The molecular weight excluding hydrogens is 304 g/mol. The first kappa shape index (κ1) is 18.5. The van der Waals surface area contributed by atoms with Crippen LogP contribution in [0.25, 0.3) is 0 Å². The second-order valence-electron chi connectivity index (χ2n) is 6.19. The van der Waals surface area contributed by atoms with Gasteiger partial charge in [0.25, 0.3) is 0 Å². The van der Waals surface area contributed by atoms with Gasteiger partial charge < -0.3 is 11.1 Å². The topological polar surface area (TPSA) is 55.1 Å². The van der Waals surface area contributed by atoms with Gasteiger partial charge in [-0.1, -0.05) is 25.3 Å². The molecule has 0 radical (unpaired) electrons. The quantitative estimate of drug-likeness (QED) is 0.838. The molecule has 3 nitrogen and oxygen atoms in total. The molecule has 0 spiro atoms. The van der Waals surface area contributed by atoms with Crippen molar-refractivity contribution in [3.63, 3.8) is 0 Å². The van der Waals surface area contributed by atoms with Crippen LogP contribution in [0.3, 0.4) is 0 Å². The summed E-state index contributed by atoms with van der Waals surface area (Å²) in [6.07, 6.45) is 7.45. The Morgan fingerprint density at radius 1 is 1.43 bits per heavy atom. The number of halogens is 1. The normalized spacial score (nSPS) is 18.6. The van der Waals surface area contributed by atoms with Crippen LogP contribution in [0.2, 0.25) is 0 Å². The Balaban J connectivity index is 0.00000220. The number of thiophene rings is 1. The Hall–Kier alpha value is -0.580. The van der Waals surface area contributed by atoms with Crippen molar-refractivity contribution in [3.8, 4) is 0 Å². The van der Waals surface area contributed by atoms with E-state index in [-0.39, 0.29) is 29.8 Å². The predicted molar refractivity (Wildman–Crippen MR) is 92.1 cm³/mol. The lowest BCUT2D eigenvalue weighted by atomic mass is 9.71. The summed E-state index contributed by atoms with van der Waals surface area (Å²) in [5.41, 5.74) is 6.01. The van der Waals surface area contributed by atoms with Crippen molar-refractivity contribution in [1.29, 1.82) is 0 Å². The first-order valence-electron chi connectivity index (χ1n) is 7.65. The van der Waals surface area contributed by atoms with E-state index in [0.29, 0.717) is 13.0 Å². The highest BCUT2D eigenvalue weighted by Gasteiger charge is 2.33. The minimum absolute atomic E-state index is 0. The van der Waals surface area contributed by atoms with Crippen LogP contribution in [0.5, 0.6) is 0 Å². The minimum atomic E-state index is 0. The molecule has 21 heavy (non-hydrogen) atoms. The molecule has 1 aliphatic carbocycles. The van der Waals surface area contributed by atoms with Crippen molar-refractivity contribution in [3.05, 3.63) is 22.4 Å². The van der Waals surface area contributed by atoms with Gasteiger partial charge in [-0.2, -0.15) is 0 Å². The van der Waals surface area contributed by atoms with Gasteiger partial charge >= 0.3 is 0 Å². The number of amides is 1. The maximum absolute atomic E-state index is 12.3. The first-order valence-corrected chi connectivity index (χ1v) is 8.53. The average Bonchev–Trinajstić information content (AvgIpc) is 2.92. The van der Waals surface area contributed by atoms with Crippen LogP contribution in [0.15, 0.2) is 17.5 Å². The largest absolute Gasteiger partial charge is 0.353 e. The van der Waals surface area contributed by atoms with Gasteiger partial charge in [-0.15, -0.1) is 23.7 Å². The Bertz CT molecular complexity index is 416. The second-order valence-corrected chi connectivity index (χ2v) is 7.23. The smallest absolute Gasteiger partial charge is 0.220 e. The highest BCUT2D eigenvalue weighted by molar-refractivity contribution is 7.09. The zero-order valence-corrected chi connectivity index (χ0v) is 14.4. The van der Waals surface area contributed by atoms with Gasteiger partial charge in [-0.05, 0) is 43.2 Å². The molecule has 1 unspecified atom stereocenters. The molecular formula is C16H27ClN2OS. The molecule has 1 saturated carbocycles. The third-order valence-electron chi connectivity index (χ3n) is 4.38. The summed E-state index contributed by atoms with van der Waals surface area (Å²) in [6.45, 7) is 2.72. The molecule has 5 heteroatoms. The second kappa shape index (κ2) is 8.76. The van der Waals surface area contributed by atoms with Crippen LogP contribution < -0.4 is 11.1 Å². The SMILES string of the molecule is CC(Cc1cccs1)NC(=O)CC1(CN)CCCCC1.Cl. The lowest BCUT2D eigenvalue weighted by Gasteiger charge is -2.36. The van der Waals surface area contributed by atoms with Gasteiger partial charge in [0, 0.05) is 23.8 Å². The van der Waals surface area contributed by atoms with Gasteiger partial charge in [0.05, 0.1) is 0 Å². The van der Waals surface area contributed by atoms with E-state index in [9.17, 15) is 4.79 Å². The van der Waals surface area contributed by atoms with E-state index in [2.05, 4.69) is 29.8 Å². The Morgan fingerprint density at radius 2 is 2.14 bits per heavy atom. The zero-order valence-electron chi connectivity index (χ0n) is 12.8. The van der Waals surface area contributed by atoms with Crippen LogP contribution in [0.1, 0.15) is 50.3 Å². The fourth-order valence-corrected chi connectivity index (χ4v) is 4.04. The fourth-order valence-electron chi connectivity index (χ4n) is 3.20. The van der Waals surface area contributed by atoms with Crippen molar-refractivity contribution < 1.29 is 4.79 Å². The number of hydrogen-bond donors (Lipinski definition) is 2. The molecule has 0 bridgehead atoms. The van der Waals surface area contributed by atoms with E-state index in [1.54, 1.807) is 11.3 Å². The summed E-state index contributed by atoms with van der Waals surface area (Å²) in [6, 6.07) is 4.37. The number of nitrogens with two attached hydrogens (primary N) is 1. The number of rotatable bonds is 6. The lowest BCUT2D eigenvalue weighted by molar-refractivity contribution is -0.124. The first-order chi connectivity index (χ1) is 9.63. The van der Waals surface area contributed by atoms with Crippen molar-refractivity contribution >= 4 is 29.7 Å². The summed E-state index contributed by atoms with van der Waals surface area (Å²) in [4.78, 5) is 13.6. The highest BCUT2D eigenvalue weighted by atomic mass is 35.5. The van der Waals surface area contributed by atoms with E-state index in [0.717, 1.165) is 19.3 Å². The molecule has 0 aromatic carbocycles. The van der Waals surface area contributed by atoms with Gasteiger partial charge in [0.2, 0.25) is 5.91 Å². The number of nitrogens with one attached hydrogen (secondary N) is 1. The zero-order chi connectivity index (χ0) is 14.4. The highest BCUT2D eigenvalue weighted by Crippen LogP contribution is 2.38. The Morgan fingerprint density at radius 3 is 2.71 bits per heavy atom. The molecule has 1 aromatic heterocycles. The van der Waals surface area contributed by atoms with Gasteiger partial charge in [0.15, 0.2) is 0 Å². The molecule has 0 aliphatic heterocycles. The van der Waals surface area contributed by atoms with Gasteiger partial charge in [-0.25, -0.2) is 0 Å². The maximum Gasteiger partial charge on any atom is 0.220 e. The summed E-state index contributed by atoms with van der Waals surface area (Å²) in [7, 11) is 0. The van der Waals surface area contributed by atoms with E-state index in [4.69, 9.17) is 5.73 Å². The van der Waals surface area contributed by atoms with Crippen LogP contribution in [-0.4, -0.2) is 18.5 Å². The molecule has 3 N–H and O–H groups in total. The third kappa shape index (κ3) is 5.61. The van der Waals surface area contributed by atoms with E-state index < -0.39 is 0 Å². The minimum Gasteiger partial charge on any atom is -0.353 e. The predicted octanol–water partition coefficient (Wildman–Crippen LogP) is 3.52. The molecule has 0 saturated heterocycles. The van der Waals surface area contributed by atoms with Crippen molar-refractivity contribution in [1.82, 2.24) is 5.32 Å². The van der Waals surface area contributed by atoms with Crippen molar-refractivity contribution in [2.24, 2.45) is 11.1 Å². The average molecular weight is 331 g/mol. The Labute approximate surface area is 138 Å². The van der Waals surface area contributed by atoms with E-state index >= 15 is 0 Å². The van der Waals surface area contributed by atoms with Crippen LogP contribution in [0.4, 0.5) is 0 Å². The van der Waals surface area contributed by atoms with Crippen molar-refractivity contribution in [2.45, 2.75) is 57.9 Å². The summed E-state index contributed by atoms with van der Waals surface area (Å²) in [5.74, 6) is 0.168. The lowest BCUT2D eigenvalue weighted by Crippen LogP contribution is -2.41. The summed E-state index contributed by atoms with van der Waals surface area (Å²) in [5, 5.41) is 5.22. The van der Waals surface area contributed by atoms with E-state index in [1.807, 2.05) is 0 Å². The summed E-state index contributed by atoms with van der Waals surface area (Å²) >= 11 is 1.75. The molecule has 1 aliphatic rings. The van der Waals surface area contributed by atoms with E-state index in [1.165, 1.54) is 24.1 Å². The Kier molecular flexibility index (Phi) is 7.71. The molecule has 1 aromatic rings. The number of carbonyl (C=O) groups is 1. The van der Waals surface area contributed by atoms with Crippen LogP contribution in [-0.2, 0) is 11.2 Å². The van der Waals surface area contributed by atoms with Gasteiger partial charge in [-0.3, -0.25) is 4.79 Å². The molecule has 120 valence electrons. The number of hydrogen-bond acceptors (Lipinski definition) is 3. The third-order valence-corrected chi connectivity index (χ3v) is 5.28. The standard InChI is InChI=1S/C16H26N2OS.ClH/c1-13(10-14-6-5-9-20-14)18-15(19)11-16(12-17)7-3-2-4-8-16;/h5-6,9,13H,2-4,7-8,10-12,17H2,1H3,(H,18,19);1H. The number of carbonyl (C=O) groups excluding carboxylic acids is 1. The van der Waals surface area contributed by atoms with Gasteiger partial charge in [0.1, 0.15) is 0 Å². The monoisotopic (exact) mass is 330 g/mol. The molecule has 2 rings (SSSR count). The maximum atomic E-state index is 12.3. The fraction of sp³-hybridized carbons (Fsp3) is 0.688. The van der Waals surface area contributed by atoms with Crippen LogP contribution in [0, 0.1) is 5.41 Å². The molecule has 1 atom stereocenters.